The van der Waals surface area contributed by atoms with Crippen molar-refractivity contribution in [2.24, 2.45) is 11.8 Å². The zero-order chi connectivity index (χ0) is 14.0. The van der Waals surface area contributed by atoms with Gasteiger partial charge in [0.05, 0.1) is 13.0 Å². The number of hydrogen-bond acceptors (Lipinski definition) is 2. The lowest BCUT2D eigenvalue weighted by molar-refractivity contribution is -0.136. The fourth-order valence-electron chi connectivity index (χ4n) is 2.18. The Morgan fingerprint density at radius 3 is 2.84 bits per heavy atom. The molecular formula is C14H16F2O3. The molecule has 19 heavy (non-hydrogen) atoms. The molecule has 1 aliphatic rings. The van der Waals surface area contributed by atoms with Crippen LogP contribution in [0.15, 0.2) is 24.3 Å². The van der Waals surface area contributed by atoms with Crippen molar-refractivity contribution in [1.82, 2.24) is 0 Å². The van der Waals surface area contributed by atoms with Crippen LogP contribution in [0.25, 0.3) is 0 Å². The van der Waals surface area contributed by atoms with Gasteiger partial charge in [0.1, 0.15) is 5.75 Å². The van der Waals surface area contributed by atoms with E-state index in [1.165, 1.54) is 0 Å². The van der Waals surface area contributed by atoms with Gasteiger partial charge in [0.2, 0.25) is 5.92 Å². The van der Waals surface area contributed by atoms with Gasteiger partial charge in [-0.2, -0.15) is 0 Å². The molecule has 0 bridgehead atoms. The number of carboxylic acid groups (broad SMARTS) is 1. The SMILES string of the molecule is CC(F)(F)[C@@H]1C[C@H]1COc1cccc(CC(=O)O)c1. The minimum atomic E-state index is -2.64. The zero-order valence-electron chi connectivity index (χ0n) is 10.6. The van der Waals surface area contributed by atoms with E-state index in [0.29, 0.717) is 17.7 Å². The highest BCUT2D eigenvalue weighted by molar-refractivity contribution is 5.70. The van der Waals surface area contributed by atoms with Crippen LogP contribution in [0.5, 0.6) is 5.75 Å². The number of hydrogen-bond donors (Lipinski definition) is 1. The number of ether oxygens (including phenoxy) is 1. The molecule has 0 heterocycles. The first-order chi connectivity index (χ1) is 8.86. The van der Waals surface area contributed by atoms with Crippen molar-refractivity contribution in [2.75, 3.05) is 6.61 Å². The molecule has 0 radical (unpaired) electrons. The summed E-state index contributed by atoms with van der Waals surface area (Å²) in [6.45, 7) is 1.19. The molecule has 1 aromatic carbocycles. The molecule has 0 aromatic heterocycles. The van der Waals surface area contributed by atoms with Crippen molar-refractivity contribution in [3.63, 3.8) is 0 Å². The third-order valence-electron chi connectivity index (χ3n) is 3.29. The van der Waals surface area contributed by atoms with Gasteiger partial charge in [-0.1, -0.05) is 12.1 Å². The Morgan fingerprint density at radius 2 is 2.26 bits per heavy atom. The summed E-state index contributed by atoms with van der Waals surface area (Å²) in [5, 5.41) is 8.69. The van der Waals surface area contributed by atoms with Crippen molar-refractivity contribution < 1.29 is 23.4 Å². The van der Waals surface area contributed by atoms with E-state index >= 15 is 0 Å². The van der Waals surface area contributed by atoms with Crippen molar-refractivity contribution >= 4 is 5.97 Å². The summed E-state index contributed by atoms with van der Waals surface area (Å²) in [7, 11) is 0. The number of alkyl halides is 2. The molecule has 1 saturated carbocycles. The highest BCUT2D eigenvalue weighted by Gasteiger charge is 2.51. The normalized spacial score (nSPS) is 22.1. The molecule has 2 rings (SSSR count). The van der Waals surface area contributed by atoms with Crippen LogP contribution >= 0.6 is 0 Å². The van der Waals surface area contributed by atoms with E-state index in [1.807, 2.05) is 0 Å². The van der Waals surface area contributed by atoms with Crippen LogP contribution in [0.4, 0.5) is 8.78 Å². The fraction of sp³-hybridized carbons (Fsp3) is 0.500. The van der Waals surface area contributed by atoms with E-state index in [2.05, 4.69) is 0 Å². The maximum Gasteiger partial charge on any atom is 0.307 e. The van der Waals surface area contributed by atoms with Crippen LogP contribution in [0.2, 0.25) is 0 Å². The number of carbonyl (C=O) groups is 1. The first kappa shape index (κ1) is 13.8. The Bertz CT molecular complexity index is 468. The molecule has 3 nitrogen and oxygen atoms in total. The predicted octanol–water partition coefficient (Wildman–Crippen LogP) is 2.98. The van der Waals surface area contributed by atoms with Crippen molar-refractivity contribution in [2.45, 2.75) is 25.7 Å². The summed E-state index contributed by atoms with van der Waals surface area (Å²) in [5.74, 6) is -3.72. The number of carboxylic acids is 1. The molecule has 1 N–H and O–H groups in total. The lowest BCUT2D eigenvalue weighted by Crippen LogP contribution is -2.16. The van der Waals surface area contributed by atoms with Gasteiger partial charge in [0.15, 0.2) is 0 Å². The third-order valence-corrected chi connectivity index (χ3v) is 3.29. The first-order valence-corrected chi connectivity index (χ1v) is 6.17. The molecule has 0 amide bonds. The van der Waals surface area contributed by atoms with Crippen LogP contribution in [-0.4, -0.2) is 23.6 Å². The van der Waals surface area contributed by atoms with E-state index in [9.17, 15) is 13.6 Å². The molecule has 2 atom stereocenters. The molecule has 1 aliphatic carbocycles. The maximum atomic E-state index is 13.0. The predicted molar refractivity (Wildman–Crippen MR) is 65.5 cm³/mol. The molecule has 1 aromatic rings. The van der Waals surface area contributed by atoms with Crippen LogP contribution in [-0.2, 0) is 11.2 Å². The van der Waals surface area contributed by atoms with Gasteiger partial charge in [0, 0.05) is 11.8 Å². The Hall–Kier alpha value is -1.65. The quantitative estimate of drug-likeness (QED) is 0.864. The average Bonchev–Trinajstić information content (AvgIpc) is 3.05. The summed E-state index contributed by atoms with van der Waals surface area (Å²) in [5.41, 5.74) is 0.637. The maximum absolute atomic E-state index is 13.0. The van der Waals surface area contributed by atoms with Gasteiger partial charge >= 0.3 is 5.97 Å². The molecule has 1 fully saturated rings. The third kappa shape index (κ3) is 3.91. The van der Waals surface area contributed by atoms with Gasteiger partial charge in [-0.05, 0) is 31.0 Å². The van der Waals surface area contributed by atoms with Gasteiger partial charge in [0.25, 0.3) is 0 Å². The number of benzene rings is 1. The summed E-state index contributed by atoms with van der Waals surface area (Å²) in [4.78, 5) is 10.6. The van der Waals surface area contributed by atoms with E-state index in [-0.39, 0.29) is 18.9 Å². The summed E-state index contributed by atoms with van der Waals surface area (Å²) < 4.78 is 31.4. The fourth-order valence-corrected chi connectivity index (χ4v) is 2.18. The number of aliphatic carboxylic acids is 1. The smallest absolute Gasteiger partial charge is 0.307 e. The van der Waals surface area contributed by atoms with E-state index in [4.69, 9.17) is 9.84 Å². The zero-order valence-corrected chi connectivity index (χ0v) is 10.6. The molecular weight excluding hydrogens is 254 g/mol. The van der Waals surface area contributed by atoms with Gasteiger partial charge < -0.3 is 9.84 Å². The Kier molecular flexibility index (Phi) is 3.73. The molecule has 0 saturated heterocycles. The van der Waals surface area contributed by atoms with Crippen LogP contribution in [0, 0.1) is 11.8 Å². The summed E-state index contributed by atoms with van der Waals surface area (Å²) in [6, 6.07) is 6.73. The Balaban J connectivity index is 1.86. The number of halogens is 2. The Morgan fingerprint density at radius 1 is 1.53 bits per heavy atom. The second-order valence-electron chi connectivity index (χ2n) is 5.09. The van der Waals surface area contributed by atoms with E-state index in [1.54, 1.807) is 24.3 Å². The molecule has 0 spiro atoms. The lowest BCUT2D eigenvalue weighted by atomic mass is 10.1. The molecule has 0 unspecified atom stereocenters. The largest absolute Gasteiger partial charge is 0.493 e. The van der Waals surface area contributed by atoms with Crippen molar-refractivity contribution in [3.05, 3.63) is 29.8 Å². The van der Waals surface area contributed by atoms with Crippen LogP contribution in [0.3, 0.4) is 0 Å². The highest BCUT2D eigenvalue weighted by Crippen LogP contribution is 2.49. The first-order valence-electron chi connectivity index (χ1n) is 6.17. The monoisotopic (exact) mass is 270 g/mol. The molecule has 104 valence electrons. The second-order valence-corrected chi connectivity index (χ2v) is 5.09. The van der Waals surface area contributed by atoms with Crippen LogP contribution in [0.1, 0.15) is 18.9 Å². The topological polar surface area (TPSA) is 46.5 Å². The average molecular weight is 270 g/mol. The van der Waals surface area contributed by atoms with Crippen LogP contribution < -0.4 is 4.74 Å². The standard InChI is InChI=1S/C14H16F2O3/c1-14(15,16)12-7-10(12)8-19-11-4-2-3-9(5-11)6-13(17)18/h2-5,10,12H,6-8H2,1H3,(H,17,18)/t10-,12+/m0/s1. The number of rotatable bonds is 6. The highest BCUT2D eigenvalue weighted by atomic mass is 19.3. The second kappa shape index (κ2) is 5.15. The summed E-state index contributed by atoms with van der Waals surface area (Å²) >= 11 is 0. The van der Waals surface area contributed by atoms with E-state index in [0.717, 1.165) is 6.92 Å². The summed E-state index contributed by atoms with van der Waals surface area (Å²) in [6.07, 6.45) is 0.411. The van der Waals surface area contributed by atoms with Crippen molar-refractivity contribution in [3.8, 4) is 5.75 Å². The minimum Gasteiger partial charge on any atom is -0.493 e. The van der Waals surface area contributed by atoms with Gasteiger partial charge in [-0.15, -0.1) is 0 Å². The van der Waals surface area contributed by atoms with Gasteiger partial charge in [-0.3, -0.25) is 4.79 Å². The molecule has 5 heteroatoms. The molecule has 0 aliphatic heterocycles. The minimum absolute atomic E-state index is 0.0731. The van der Waals surface area contributed by atoms with Crippen molar-refractivity contribution in [1.29, 1.82) is 0 Å². The van der Waals surface area contributed by atoms with Gasteiger partial charge in [-0.25, -0.2) is 8.78 Å². The lowest BCUT2D eigenvalue weighted by Gasteiger charge is -2.10. The van der Waals surface area contributed by atoms with E-state index < -0.39 is 17.8 Å². The Labute approximate surface area is 110 Å².